The van der Waals surface area contributed by atoms with Gasteiger partial charge in [-0.15, -0.1) is 0 Å². The van der Waals surface area contributed by atoms with E-state index in [0.29, 0.717) is 5.54 Å². The Labute approximate surface area is 144 Å². The van der Waals surface area contributed by atoms with Gasteiger partial charge >= 0.3 is 0 Å². The average molecular weight is 336 g/mol. The quantitative estimate of drug-likeness (QED) is 0.522. The molecule has 0 saturated heterocycles. The molecule has 0 N–H and O–H groups in total. The molecule has 4 bridgehead atoms. The second kappa shape index (κ2) is 5.36. The van der Waals surface area contributed by atoms with E-state index in [2.05, 4.69) is 41.0 Å². The molecule has 2 heteroatoms. The fourth-order valence-corrected chi connectivity index (χ4v) is 12.3. The number of hydrogen-bond donors (Lipinski definition) is 0. The summed E-state index contributed by atoms with van der Waals surface area (Å²) in [6.45, 7) is 15.2. The maximum Gasteiger partial charge on any atom is 0.0601 e. The summed E-state index contributed by atoms with van der Waals surface area (Å²) in [5, 5.41) is 0. The van der Waals surface area contributed by atoms with E-state index in [9.17, 15) is 0 Å². The molecule has 4 atom stereocenters. The van der Waals surface area contributed by atoms with Gasteiger partial charge in [-0.3, -0.25) is 4.74 Å². The monoisotopic (exact) mass is 335 g/mol. The maximum absolute atomic E-state index is 5.86. The largest absolute Gasteiger partial charge is 0.297 e. The highest BCUT2D eigenvalue weighted by molar-refractivity contribution is 7.65. The zero-order chi connectivity index (χ0) is 16.6. The molecule has 0 heterocycles. The first-order valence-corrected chi connectivity index (χ1v) is 13.0. The van der Waals surface area contributed by atoms with Crippen LogP contribution in [0.5, 0.6) is 0 Å². The summed E-state index contributed by atoms with van der Waals surface area (Å²) in [5.41, 5.74) is 1.29. The Morgan fingerprint density at radius 1 is 0.696 bits per heavy atom. The number of hydrogen-bond acceptors (Lipinski definition) is 1. The molecule has 0 spiro atoms. The molecular formula is C21H38NP. The Balaban J connectivity index is 1.67. The predicted molar refractivity (Wildman–Crippen MR) is 103 cm³/mol. The van der Waals surface area contributed by atoms with Crippen molar-refractivity contribution in [3.05, 3.63) is 0 Å². The second-order valence-corrected chi connectivity index (χ2v) is 14.4. The van der Waals surface area contributed by atoms with E-state index >= 15 is 0 Å². The van der Waals surface area contributed by atoms with Gasteiger partial charge in [0, 0.05) is 0 Å². The second-order valence-electron chi connectivity index (χ2n) is 10.6. The predicted octanol–water partition coefficient (Wildman–Crippen LogP) is 6.34. The first-order valence-electron chi connectivity index (χ1n) is 10.3. The third kappa shape index (κ3) is 2.59. The third-order valence-electron chi connectivity index (χ3n) is 8.77. The normalized spacial score (nSPS) is 55.4. The van der Waals surface area contributed by atoms with Crippen molar-refractivity contribution in [3.63, 3.8) is 0 Å². The summed E-state index contributed by atoms with van der Waals surface area (Å²) >= 11 is 0. The van der Waals surface area contributed by atoms with Gasteiger partial charge in [-0.05, 0) is 106 Å². The topological polar surface area (TPSA) is 12.4 Å². The lowest BCUT2D eigenvalue weighted by Gasteiger charge is -2.56. The molecule has 0 amide bonds. The Morgan fingerprint density at radius 3 is 1.48 bits per heavy atom. The number of rotatable bonds is 2. The van der Waals surface area contributed by atoms with Crippen molar-refractivity contribution < 1.29 is 0 Å². The van der Waals surface area contributed by atoms with Gasteiger partial charge in [0.1, 0.15) is 0 Å². The SMILES string of the molecule is CC1C(C)C(C)C(P(C)(C)=NC23CC4CC(CC(C4)C2)C3)C1C. The van der Waals surface area contributed by atoms with Gasteiger partial charge in [0.15, 0.2) is 0 Å². The highest BCUT2D eigenvalue weighted by Gasteiger charge is 2.53. The van der Waals surface area contributed by atoms with E-state index in [4.69, 9.17) is 4.74 Å². The maximum atomic E-state index is 5.86. The molecule has 0 aromatic rings. The molecule has 5 aliphatic carbocycles. The highest BCUT2D eigenvalue weighted by Crippen LogP contribution is 2.65. The molecule has 5 saturated carbocycles. The van der Waals surface area contributed by atoms with E-state index in [-0.39, 0.29) is 0 Å². The summed E-state index contributed by atoms with van der Waals surface area (Å²) < 4.78 is 5.86. The van der Waals surface area contributed by atoms with Crippen LogP contribution in [0, 0.1) is 41.4 Å². The third-order valence-corrected chi connectivity index (χ3v) is 12.1. The Kier molecular flexibility index (Phi) is 3.89. The molecule has 4 unspecified atom stereocenters. The lowest BCUT2D eigenvalue weighted by atomic mass is 9.53. The van der Waals surface area contributed by atoms with Crippen molar-refractivity contribution in [1.29, 1.82) is 0 Å². The molecule has 0 radical (unpaired) electrons. The lowest BCUT2D eigenvalue weighted by Crippen LogP contribution is -2.49. The number of nitrogens with zero attached hydrogens (tertiary/aromatic N) is 1. The van der Waals surface area contributed by atoms with Gasteiger partial charge in [-0.1, -0.05) is 27.7 Å². The minimum atomic E-state index is -1.20. The van der Waals surface area contributed by atoms with Crippen LogP contribution in [0.2, 0.25) is 0 Å². The molecule has 23 heavy (non-hydrogen) atoms. The Bertz CT molecular complexity index is 481. The van der Waals surface area contributed by atoms with Crippen molar-refractivity contribution >= 4 is 7.05 Å². The lowest BCUT2D eigenvalue weighted by molar-refractivity contribution is 0.00240. The van der Waals surface area contributed by atoms with Crippen molar-refractivity contribution in [2.75, 3.05) is 13.3 Å². The van der Waals surface area contributed by atoms with Gasteiger partial charge in [0.2, 0.25) is 0 Å². The van der Waals surface area contributed by atoms with Crippen molar-refractivity contribution in [3.8, 4) is 0 Å². The fourth-order valence-electron chi connectivity index (χ4n) is 8.01. The van der Waals surface area contributed by atoms with Crippen LogP contribution in [0.4, 0.5) is 0 Å². The van der Waals surface area contributed by atoms with Crippen LogP contribution in [-0.2, 0) is 0 Å². The summed E-state index contributed by atoms with van der Waals surface area (Å²) in [6, 6.07) is 0. The fraction of sp³-hybridized carbons (Fsp3) is 1.00. The van der Waals surface area contributed by atoms with Crippen LogP contribution in [0.15, 0.2) is 4.74 Å². The molecular weight excluding hydrogens is 297 g/mol. The van der Waals surface area contributed by atoms with Crippen LogP contribution in [0.25, 0.3) is 0 Å². The zero-order valence-electron chi connectivity index (χ0n) is 16.3. The van der Waals surface area contributed by atoms with Crippen LogP contribution >= 0.6 is 7.05 Å². The van der Waals surface area contributed by atoms with E-state index in [0.717, 1.165) is 47.1 Å². The van der Waals surface area contributed by atoms with Crippen LogP contribution in [-0.4, -0.2) is 24.5 Å². The van der Waals surface area contributed by atoms with Crippen LogP contribution in [0.3, 0.4) is 0 Å². The first-order chi connectivity index (χ1) is 10.7. The molecule has 5 fully saturated rings. The summed E-state index contributed by atoms with van der Waals surface area (Å²) in [4.78, 5) is 0. The molecule has 5 aliphatic rings. The van der Waals surface area contributed by atoms with E-state index in [1.807, 2.05) is 0 Å². The molecule has 1 nitrogen and oxygen atoms in total. The zero-order valence-corrected chi connectivity index (χ0v) is 17.2. The molecule has 132 valence electrons. The molecule has 0 aliphatic heterocycles. The van der Waals surface area contributed by atoms with Gasteiger partial charge in [0.25, 0.3) is 0 Å². The standard InChI is InChI=1S/C21H38NP/c1-13-14(2)16(4)20(15(13)3)23(5,6)22-21-10-17-7-18(11-21)9-19(8-17)12-21/h13-20H,7-12H2,1-6H3. The Morgan fingerprint density at radius 2 is 1.09 bits per heavy atom. The van der Waals surface area contributed by atoms with Gasteiger partial charge in [-0.2, -0.15) is 0 Å². The average Bonchev–Trinajstić information content (AvgIpc) is 2.60. The van der Waals surface area contributed by atoms with Gasteiger partial charge in [-0.25, -0.2) is 0 Å². The minimum absolute atomic E-state index is 0.417. The van der Waals surface area contributed by atoms with Gasteiger partial charge in [0.05, 0.1) is 5.54 Å². The minimum Gasteiger partial charge on any atom is -0.297 e. The molecule has 5 rings (SSSR count). The first kappa shape index (κ1) is 16.7. The summed E-state index contributed by atoms with van der Waals surface area (Å²) in [7, 11) is -1.20. The Hall–Kier alpha value is 0.230. The van der Waals surface area contributed by atoms with Crippen LogP contribution in [0.1, 0.15) is 66.2 Å². The van der Waals surface area contributed by atoms with E-state index in [1.165, 1.54) is 38.5 Å². The molecule has 0 aromatic carbocycles. The van der Waals surface area contributed by atoms with Crippen LogP contribution < -0.4 is 0 Å². The molecule has 0 aromatic heterocycles. The van der Waals surface area contributed by atoms with Gasteiger partial charge < -0.3 is 0 Å². The van der Waals surface area contributed by atoms with Crippen molar-refractivity contribution in [2.45, 2.75) is 77.4 Å². The van der Waals surface area contributed by atoms with Crippen molar-refractivity contribution in [1.82, 2.24) is 0 Å². The summed E-state index contributed by atoms with van der Waals surface area (Å²) in [5.74, 6) is 6.56. The highest BCUT2D eigenvalue weighted by atomic mass is 31.2. The van der Waals surface area contributed by atoms with E-state index < -0.39 is 7.05 Å². The van der Waals surface area contributed by atoms with Crippen molar-refractivity contribution in [2.24, 2.45) is 46.2 Å². The summed E-state index contributed by atoms with van der Waals surface area (Å²) in [6.07, 6.45) is 8.96. The smallest absolute Gasteiger partial charge is 0.0601 e. The van der Waals surface area contributed by atoms with E-state index in [1.54, 1.807) is 0 Å².